The Morgan fingerprint density at radius 3 is 2.62 bits per heavy atom. The summed E-state index contributed by atoms with van der Waals surface area (Å²) in [7, 11) is -2.47. The summed E-state index contributed by atoms with van der Waals surface area (Å²) in [5.74, 6) is -1.73. The minimum Gasteiger partial charge on any atom is -0.475 e. The van der Waals surface area contributed by atoms with Gasteiger partial charge in [0, 0.05) is 18.1 Å². The molecule has 0 aliphatic rings. The van der Waals surface area contributed by atoms with Gasteiger partial charge in [0.15, 0.2) is 0 Å². The van der Waals surface area contributed by atoms with Crippen LogP contribution in [0.15, 0.2) is 50.4 Å². The van der Waals surface area contributed by atoms with Gasteiger partial charge in [0.25, 0.3) is 10.0 Å². The molecule has 21 heavy (non-hydrogen) atoms. The molecule has 1 N–H and O–H groups in total. The first-order chi connectivity index (χ1) is 9.80. The van der Waals surface area contributed by atoms with Crippen molar-refractivity contribution in [3.05, 3.63) is 52.2 Å². The van der Waals surface area contributed by atoms with Crippen molar-refractivity contribution in [2.24, 2.45) is 0 Å². The second-order valence-corrected chi connectivity index (χ2v) is 7.21. The number of sulfonamides is 1. The topological polar surface area (TPSA) is 87.8 Å². The van der Waals surface area contributed by atoms with Gasteiger partial charge in [-0.1, -0.05) is 28.1 Å². The number of rotatable bonds is 5. The molecule has 112 valence electrons. The Hall–Kier alpha value is -1.64. The highest BCUT2D eigenvalue weighted by Gasteiger charge is 2.26. The first kappa shape index (κ1) is 15.7. The van der Waals surface area contributed by atoms with E-state index < -0.39 is 26.8 Å². The zero-order valence-electron chi connectivity index (χ0n) is 11.0. The maximum absolute atomic E-state index is 12.3. The molecule has 8 heteroatoms. The second kappa shape index (κ2) is 6.00. The number of hydrogen-bond acceptors (Lipinski definition) is 4. The van der Waals surface area contributed by atoms with E-state index in [2.05, 4.69) is 15.9 Å². The average molecular weight is 374 g/mol. The van der Waals surface area contributed by atoms with E-state index in [1.54, 1.807) is 18.2 Å². The predicted octanol–water partition coefficient (Wildman–Crippen LogP) is 2.56. The van der Waals surface area contributed by atoms with Crippen LogP contribution in [0.3, 0.4) is 0 Å². The molecule has 0 spiro atoms. The van der Waals surface area contributed by atoms with E-state index in [0.717, 1.165) is 26.5 Å². The van der Waals surface area contributed by atoms with E-state index >= 15 is 0 Å². The zero-order valence-corrected chi connectivity index (χ0v) is 13.4. The summed E-state index contributed by atoms with van der Waals surface area (Å²) in [4.78, 5) is 10.7. The van der Waals surface area contributed by atoms with Crippen LogP contribution in [-0.2, 0) is 16.6 Å². The Morgan fingerprint density at radius 1 is 1.33 bits per heavy atom. The third-order valence-corrected chi connectivity index (χ3v) is 4.92. The Balaban J connectivity index is 2.23. The Kier molecular flexibility index (Phi) is 4.50. The van der Waals surface area contributed by atoms with Crippen molar-refractivity contribution < 1.29 is 22.7 Å². The van der Waals surface area contributed by atoms with E-state index in [0.29, 0.717) is 0 Å². The molecule has 0 radical (unpaired) electrons. The summed E-state index contributed by atoms with van der Waals surface area (Å²) in [5.41, 5.74) is 0.792. The first-order valence-electron chi connectivity index (χ1n) is 5.84. The lowest BCUT2D eigenvalue weighted by Gasteiger charge is -2.15. The van der Waals surface area contributed by atoms with Crippen molar-refractivity contribution in [2.75, 3.05) is 7.05 Å². The molecule has 1 aromatic heterocycles. The number of nitrogens with zero attached hydrogens (tertiary/aromatic N) is 1. The van der Waals surface area contributed by atoms with Crippen molar-refractivity contribution in [3.63, 3.8) is 0 Å². The molecule has 0 fully saturated rings. The minimum absolute atomic E-state index is 0.144. The number of benzene rings is 1. The van der Waals surface area contributed by atoms with Crippen LogP contribution in [-0.4, -0.2) is 30.8 Å². The summed E-state index contributed by atoms with van der Waals surface area (Å²) < 4.78 is 31.4. The highest BCUT2D eigenvalue weighted by atomic mass is 79.9. The van der Waals surface area contributed by atoms with Gasteiger partial charge in [-0.15, -0.1) is 0 Å². The monoisotopic (exact) mass is 373 g/mol. The molecule has 2 aromatic rings. The number of aromatic carboxylic acids is 1. The smallest absolute Gasteiger partial charge is 0.371 e. The van der Waals surface area contributed by atoms with E-state index in [9.17, 15) is 13.2 Å². The number of furan rings is 1. The van der Waals surface area contributed by atoms with Crippen molar-refractivity contribution in [3.8, 4) is 0 Å². The Labute approximate surface area is 130 Å². The minimum atomic E-state index is -3.87. The number of carboxylic acids is 1. The van der Waals surface area contributed by atoms with E-state index in [1.165, 1.54) is 7.05 Å². The maximum Gasteiger partial charge on any atom is 0.371 e. The summed E-state index contributed by atoms with van der Waals surface area (Å²) in [6.07, 6.45) is 0. The highest BCUT2D eigenvalue weighted by molar-refractivity contribution is 9.10. The van der Waals surface area contributed by atoms with Crippen molar-refractivity contribution in [1.29, 1.82) is 0 Å². The predicted molar refractivity (Wildman–Crippen MR) is 78.5 cm³/mol. The molecule has 1 aromatic carbocycles. The summed E-state index contributed by atoms with van der Waals surface area (Å²) >= 11 is 3.31. The summed E-state index contributed by atoms with van der Waals surface area (Å²) in [6, 6.07) is 9.48. The SMILES string of the molecule is CN(Cc1cccc(Br)c1)S(=O)(=O)c1ccc(C(=O)O)o1. The van der Waals surface area contributed by atoms with Crippen LogP contribution in [0.5, 0.6) is 0 Å². The lowest BCUT2D eigenvalue weighted by molar-refractivity contribution is 0.0656. The fourth-order valence-electron chi connectivity index (χ4n) is 1.70. The number of carboxylic acid groups (broad SMARTS) is 1. The molecule has 0 unspecified atom stereocenters. The van der Waals surface area contributed by atoms with Crippen LogP contribution in [0.2, 0.25) is 0 Å². The average Bonchev–Trinajstić information content (AvgIpc) is 2.89. The van der Waals surface area contributed by atoms with Gasteiger partial charge in [-0.05, 0) is 29.8 Å². The Morgan fingerprint density at radius 2 is 2.05 bits per heavy atom. The van der Waals surface area contributed by atoms with Gasteiger partial charge < -0.3 is 9.52 Å². The van der Waals surface area contributed by atoms with Gasteiger partial charge >= 0.3 is 5.97 Å². The maximum atomic E-state index is 12.3. The van der Waals surface area contributed by atoms with Gasteiger partial charge in [-0.2, -0.15) is 4.31 Å². The molecule has 0 aliphatic heterocycles. The fraction of sp³-hybridized carbons (Fsp3) is 0.154. The molecule has 6 nitrogen and oxygen atoms in total. The molecule has 0 amide bonds. The lowest BCUT2D eigenvalue weighted by Crippen LogP contribution is -2.26. The normalized spacial score (nSPS) is 11.8. The largest absolute Gasteiger partial charge is 0.475 e. The quantitative estimate of drug-likeness (QED) is 0.869. The summed E-state index contributed by atoms with van der Waals surface area (Å²) in [5, 5.41) is 8.37. The van der Waals surface area contributed by atoms with Crippen LogP contribution in [0.4, 0.5) is 0 Å². The van der Waals surface area contributed by atoms with Crippen molar-refractivity contribution in [2.45, 2.75) is 11.6 Å². The second-order valence-electron chi connectivity index (χ2n) is 4.31. The van der Waals surface area contributed by atoms with Crippen LogP contribution in [0.1, 0.15) is 16.1 Å². The van der Waals surface area contributed by atoms with Crippen LogP contribution in [0.25, 0.3) is 0 Å². The fourth-order valence-corrected chi connectivity index (χ4v) is 3.21. The molecule has 2 rings (SSSR count). The van der Waals surface area contributed by atoms with Crippen LogP contribution in [0, 0.1) is 0 Å². The molecular formula is C13H12BrNO5S. The van der Waals surface area contributed by atoms with Gasteiger partial charge in [0.2, 0.25) is 10.9 Å². The number of carbonyl (C=O) groups is 1. The van der Waals surface area contributed by atoms with Crippen molar-refractivity contribution >= 4 is 31.9 Å². The molecule has 1 heterocycles. The van der Waals surface area contributed by atoms with Crippen LogP contribution < -0.4 is 0 Å². The standard InChI is InChI=1S/C13H12BrNO5S/c1-15(8-9-3-2-4-10(14)7-9)21(18,19)12-6-5-11(20-12)13(16)17/h2-7H,8H2,1H3,(H,16,17). The third kappa shape index (κ3) is 3.52. The third-order valence-electron chi connectivity index (χ3n) is 2.75. The summed E-state index contributed by atoms with van der Waals surface area (Å²) in [6.45, 7) is 0.144. The van der Waals surface area contributed by atoms with Gasteiger partial charge in [-0.25, -0.2) is 13.2 Å². The molecular weight excluding hydrogens is 362 g/mol. The van der Waals surface area contributed by atoms with E-state index in [1.807, 2.05) is 6.07 Å². The first-order valence-corrected chi connectivity index (χ1v) is 8.08. The molecule has 0 aliphatic carbocycles. The molecule has 0 atom stereocenters. The lowest BCUT2D eigenvalue weighted by atomic mass is 10.2. The van der Waals surface area contributed by atoms with E-state index in [-0.39, 0.29) is 6.54 Å². The number of halogens is 1. The van der Waals surface area contributed by atoms with Gasteiger partial charge in [0.05, 0.1) is 0 Å². The van der Waals surface area contributed by atoms with E-state index in [4.69, 9.17) is 9.52 Å². The van der Waals surface area contributed by atoms with Crippen LogP contribution >= 0.6 is 15.9 Å². The van der Waals surface area contributed by atoms with Crippen molar-refractivity contribution in [1.82, 2.24) is 4.31 Å². The molecule has 0 saturated carbocycles. The zero-order chi connectivity index (χ0) is 15.6. The van der Waals surface area contributed by atoms with Gasteiger partial charge in [-0.3, -0.25) is 0 Å². The number of hydrogen-bond donors (Lipinski definition) is 1. The molecule has 0 saturated heterocycles. The molecule has 0 bridgehead atoms. The Bertz CT molecular complexity index is 768. The highest BCUT2D eigenvalue weighted by Crippen LogP contribution is 2.20. The van der Waals surface area contributed by atoms with Gasteiger partial charge in [0.1, 0.15) is 0 Å².